The fourth-order valence-electron chi connectivity index (χ4n) is 6.15. The van der Waals surface area contributed by atoms with E-state index in [0.717, 1.165) is 67.7 Å². The van der Waals surface area contributed by atoms with Crippen LogP contribution in [0, 0.1) is 0 Å². The quantitative estimate of drug-likeness (QED) is 0.139. The van der Waals surface area contributed by atoms with Crippen molar-refractivity contribution in [3.63, 3.8) is 0 Å². The molecule has 0 aromatic heterocycles. The predicted molar refractivity (Wildman–Crippen MR) is 199 cm³/mol. The Morgan fingerprint density at radius 3 is 2.08 bits per heavy atom. The third-order valence-electron chi connectivity index (χ3n) is 8.77. The van der Waals surface area contributed by atoms with E-state index in [1.807, 2.05) is 86.6 Å². The maximum absolute atomic E-state index is 14.1. The summed E-state index contributed by atoms with van der Waals surface area (Å²) in [6.07, 6.45) is 2.68. The Labute approximate surface area is 331 Å². The molecule has 0 amide bonds. The van der Waals surface area contributed by atoms with Crippen LogP contribution < -0.4 is 14.5 Å². The number of alkyl halides is 6. The Bertz CT molecular complexity index is 2000. The molecule has 12 heteroatoms. The van der Waals surface area contributed by atoms with Gasteiger partial charge in [0.25, 0.3) is 0 Å². The Hall–Kier alpha value is -3.28. The van der Waals surface area contributed by atoms with E-state index in [2.05, 4.69) is 0 Å². The van der Waals surface area contributed by atoms with Gasteiger partial charge < -0.3 is 0 Å². The monoisotopic (exact) mass is 1110 g/mol. The van der Waals surface area contributed by atoms with E-state index in [-0.39, 0.29) is 17.4 Å². The molecule has 1 aliphatic carbocycles. The minimum absolute atomic E-state index is 0.0656. The number of benzene rings is 3. The molecular formula is C40H36F6N2O2Pb2. The molecule has 0 unspecified atom stereocenters. The summed E-state index contributed by atoms with van der Waals surface area (Å²) in [6, 6.07) is 13.0. The summed E-state index contributed by atoms with van der Waals surface area (Å²) in [6.45, 7) is 0. The molecule has 52 heavy (non-hydrogen) atoms. The van der Waals surface area contributed by atoms with E-state index in [4.69, 9.17) is 4.74 Å². The number of allylic oxidation sites excluding steroid dienone is 11. The second kappa shape index (κ2) is 16.4. The van der Waals surface area contributed by atoms with Gasteiger partial charge in [0, 0.05) is 0 Å². The van der Waals surface area contributed by atoms with Crippen molar-refractivity contribution in [2.24, 2.45) is 0 Å². The summed E-state index contributed by atoms with van der Waals surface area (Å²) >= 11 is 1.47. The van der Waals surface area contributed by atoms with E-state index in [9.17, 15) is 31.4 Å². The third kappa shape index (κ3) is 9.44. The van der Waals surface area contributed by atoms with Crippen LogP contribution in [0.4, 0.5) is 37.7 Å². The van der Waals surface area contributed by atoms with Gasteiger partial charge in [-0.25, -0.2) is 0 Å². The van der Waals surface area contributed by atoms with E-state index in [1.54, 1.807) is 24.3 Å². The van der Waals surface area contributed by atoms with Crippen LogP contribution in [0.1, 0.15) is 47.1 Å². The molecule has 0 spiro atoms. The number of halogens is 6. The molecule has 2 aliphatic rings. The molecule has 3 aromatic rings. The number of fused-ring (bicyclic) bond motifs is 1. The van der Waals surface area contributed by atoms with Crippen LogP contribution in [0.5, 0.6) is 11.5 Å². The first-order valence-corrected chi connectivity index (χ1v) is 21.1. The van der Waals surface area contributed by atoms with Gasteiger partial charge >= 0.3 is 334 Å². The van der Waals surface area contributed by atoms with Crippen LogP contribution in [0.3, 0.4) is 0 Å². The summed E-state index contributed by atoms with van der Waals surface area (Å²) in [4.78, 5) is 3.82. The standard InChI is InChI=1S/C40H36F6N2O2.2Pb/c1-6-25(34-16-14-32(47(2)3)23-36(34)49)10-12-27-8-7-9-28(13-11-26-18-19-50-37-24-33(48(4)5)15-17-35(26)37)38(27)29-20-30(39(41,42)43)22-31(21-29)40(44,45)46;;/h6,10-18,20-24,49H,1,7-9H2,2-5H3;;/b12-10+,25-6-,26-11+,28-13+;;. The summed E-state index contributed by atoms with van der Waals surface area (Å²) in [5, 5.41) is 10.9. The normalized spacial score (nSPS) is 17.1. The first-order chi connectivity index (χ1) is 24.5. The second-order valence-corrected chi connectivity index (χ2v) is 16.3. The van der Waals surface area contributed by atoms with Crippen molar-refractivity contribution >= 4 is 79.6 Å². The average molecular weight is 1110 g/mol. The van der Waals surface area contributed by atoms with Gasteiger partial charge in [0.05, 0.1) is 0 Å². The predicted octanol–water partition coefficient (Wildman–Crippen LogP) is 10.1. The van der Waals surface area contributed by atoms with Gasteiger partial charge in [-0.2, -0.15) is 0 Å². The molecule has 0 saturated carbocycles. The van der Waals surface area contributed by atoms with Crippen molar-refractivity contribution in [2.75, 3.05) is 38.0 Å². The van der Waals surface area contributed by atoms with Crippen LogP contribution in [-0.4, -0.2) is 84.8 Å². The zero-order chi connectivity index (χ0) is 38.0. The number of hydrogen-bond donors (Lipinski definition) is 1. The Morgan fingerprint density at radius 2 is 1.48 bits per heavy atom. The Morgan fingerprint density at radius 1 is 0.846 bits per heavy atom. The molecule has 1 aliphatic heterocycles. The molecule has 1 N–H and O–H groups in total. The average Bonchev–Trinajstić information content (AvgIpc) is 3.07. The molecule has 268 valence electrons. The van der Waals surface area contributed by atoms with Gasteiger partial charge in [-0.15, -0.1) is 0 Å². The zero-order valence-electron chi connectivity index (χ0n) is 29.0. The first kappa shape index (κ1) is 39.9. The van der Waals surface area contributed by atoms with Crippen molar-refractivity contribution in [2.45, 2.75) is 35.6 Å². The summed E-state index contributed by atoms with van der Waals surface area (Å²) in [5.74, 6) is 0.745. The number of hydrogen-bond acceptors (Lipinski definition) is 4. The van der Waals surface area contributed by atoms with E-state index < -0.39 is 23.5 Å². The van der Waals surface area contributed by atoms with Gasteiger partial charge in [-0.3, -0.25) is 0 Å². The third-order valence-corrected chi connectivity index (χ3v) is 10.5. The molecule has 3 aromatic carbocycles. The zero-order valence-corrected chi connectivity index (χ0v) is 36.8. The van der Waals surface area contributed by atoms with Gasteiger partial charge in [-0.1, -0.05) is 0 Å². The molecule has 0 saturated heterocycles. The fourth-order valence-corrected chi connectivity index (χ4v) is 8.03. The number of phenolic OH excluding ortho intramolecular Hbond substituents is 1. The van der Waals surface area contributed by atoms with Crippen molar-refractivity contribution in [1.82, 2.24) is 0 Å². The van der Waals surface area contributed by atoms with Crippen molar-refractivity contribution in [3.8, 4) is 11.5 Å². The Balaban J connectivity index is 1.71. The number of nitrogens with zero attached hydrogens (tertiary/aromatic N) is 2. The molecule has 1 heterocycles. The fraction of sp³-hybridized carbons (Fsp3) is 0.250. The number of anilines is 2. The number of aromatic hydroxyl groups is 1. The maximum atomic E-state index is 14.1. The number of ether oxygens (including phenoxy) is 1. The number of phenols is 1. The number of rotatable bonds is 8. The van der Waals surface area contributed by atoms with Crippen LogP contribution >= 0.6 is 0 Å². The van der Waals surface area contributed by atoms with Gasteiger partial charge in [-0.05, 0) is 0 Å². The minimum atomic E-state index is -4.99. The molecule has 0 bridgehead atoms. The summed E-state index contributed by atoms with van der Waals surface area (Å²) in [7, 11) is 7.58. The molecule has 0 fully saturated rings. The van der Waals surface area contributed by atoms with Crippen molar-refractivity contribution < 1.29 is 36.2 Å². The molecular weight excluding hydrogens is 1070 g/mol. The molecule has 0 atom stereocenters. The van der Waals surface area contributed by atoms with Crippen LogP contribution in [-0.2, 0) is 12.4 Å². The van der Waals surface area contributed by atoms with Gasteiger partial charge in [0.1, 0.15) is 0 Å². The Kier molecular flexibility index (Phi) is 12.6. The second-order valence-electron chi connectivity index (χ2n) is 12.8. The SMILES string of the molecule is CN(C)c1ccc(C(=C\[CH2][Pb])/C=C/C2=C(c3cc(C(F)(F)F)cc(C(F)(F)F)c3)C(=C/C=C3\C=[C]([Pb])Oc4cc(N(C)C)ccc43)/CCC2)c(O)c1. The van der Waals surface area contributed by atoms with Crippen molar-refractivity contribution in [1.29, 1.82) is 0 Å². The molecule has 4 nitrogen and oxygen atoms in total. The summed E-state index contributed by atoms with van der Waals surface area (Å²) < 4.78 is 92.3. The van der Waals surface area contributed by atoms with E-state index in [0.29, 0.717) is 78.6 Å². The topological polar surface area (TPSA) is 35.9 Å². The van der Waals surface area contributed by atoms with Gasteiger partial charge in [0.15, 0.2) is 0 Å². The van der Waals surface area contributed by atoms with Crippen molar-refractivity contribution in [3.05, 3.63) is 133 Å². The van der Waals surface area contributed by atoms with Crippen LogP contribution in [0.25, 0.3) is 16.7 Å². The summed E-state index contributed by atoms with van der Waals surface area (Å²) in [5.41, 5.74) is 3.40. The van der Waals surface area contributed by atoms with Gasteiger partial charge in [0.2, 0.25) is 0 Å². The molecule has 6 radical (unpaired) electrons. The van der Waals surface area contributed by atoms with E-state index >= 15 is 0 Å². The van der Waals surface area contributed by atoms with Crippen LogP contribution in [0.15, 0.2) is 106 Å². The first-order valence-electron chi connectivity index (χ1n) is 16.4. The van der Waals surface area contributed by atoms with Crippen LogP contribution in [0.2, 0.25) is 3.98 Å². The van der Waals surface area contributed by atoms with E-state index in [1.165, 1.54) is 0 Å². The molecule has 5 rings (SSSR count).